The van der Waals surface area contributed by atoms with Crippen molar-refractivity contribution in [1.29, 1.82) is 0 Å². The average Bonchev–Trinajstić information content (AvgIpc) is 2.39. The van der Waals surface area contributed by atoms with E-state index < -0.39 is 0 Å². The molecule has 0 saturated heterocycles. The minimum Gasteiger partial charge on any atom is -0.492 e. The van der Waals surface area contributed by atoms with Gasteiger partial charge in [-0.3, -0.25) is 4.79 Å². The minimum absolute atomic E-state index is 0.147. The Balaban J connectivity index is 2.23. The highest BCUT2D eigenvalue weighted by Gasteiger charge is 2.07. The Bertz CT molecular complexity index is 393. The van der Waals surface area contributed by atoms with Crippen LogP contribution in [0.5, 0.6) is 5.75 Å². The third-order valence-corrected chi connectivity index (χ3v) is 2.88. The molecule has 0 fully saturated rings. The third kappa shape index (κ3) is 6.25. The lowest BCUT2D eigenvalue weighted by Crippen LogP contribution is -2.33. The number of rotatable bonds is 8. The summed E-state index contributed by atoms with van der Waals surface area (Å²) in [6, 6.07) is 7.92. The number of ether oxygens (including phenoxy) is 1. The molecule has 4 heteroatoms. The van der Waals surface area contributed by atoms with Gasteiger partial charge in [-0.2, -0.15) is 0 Å². The molecule has 0 aliphatic carbocycles. The highest BCUT2D eigenvalue weighted by atomic mass is 16.5. The van der Waals surface area contributed by atoms with Crippen molar-refractivity contribution in [3.63, 3.8) is 0 Å². The predicted octanol–water partition coefficient (Wildman–Crippen LogP) is 1.83. The molecule has 0 heterocycles. The van der Waals surface area contributed by atoms with Crippen LogP contribution in [0, 0.1) is 6.92 Å². The number of amides is 1. The number of hydrogen-bond donors (Lipinski definition) is 1. The second-order valence-electron chi connectivity index (χ2n) is 4.58. The summed E-state index contributed by atoms with van der Waals surface area (Å²) in [5.41, 5.74) is 1.17. The molecule has 0 atom stereocenters. The molecule has 0 aromatic heterocycles. The molecule has 0 aliphatic heterocycles. The Morgan fingerprint density at radius 1 is 1.42 bits per heavy atom. The van der Waals surface area contributed by atoms with Gasteiger partial charge in [-0.05, 0) is 31.2 Å². The topological polar surface area (TPSA) is 41.6 Å². The number of likely N-dealkylation sites (N-methyl/N-ethyl adjacent to an activating group) is 1. The molecule has 0 aliphatic rings. The second kappa shape index (κ2) is 8.53. The molecule has 1 aromatic rings. The molecule has 1 amide bonds. The summed E-state index contributed by atoms with van der Waals surface area (Å²) in [5, 5.41) is 3.14. The van der Waals surface area contributed by atoms with Gasteiger partial charge in [0, 0.05) is 20.0 Å². The largest absolute Gasteiger partial charge is 0.492 e. The first-order chi connectivity index (χ1) is 9.13. The Morgan fingerprint density at radius 2 is 2.21 bits per heavy atom. The van der Waals surface area contributed by atoms with E-state index in [4.69, 9.17) is 4.74 Å². The van der Waals surface area contributed by atoms with Crippen LogP contribution in [0.3, 0.4) is 0 Å². The maximum absolute atomic E-state index is 11.7. The van der Waals surface area contributed by atoms with Crippen molar-refractivity contribution in [3.8, 4) is 5.75 Å². The number of nitrogens with zero attached hydrogens (tertiary/aromatic N) is 1. The molecule has 0 spiro atoms. The van der Waals surface area contributed by atoms with Crippen LogP contribution in [0.4, 0.5) is 0 Å². The Hall–Kier alpha value is -1.55. The van der Waals surface area contributed by atoms with Gasteiger partial charge in [0.05, 0.1) is 6.54 Å². The molecule has 0 radical (unpaired) electrons. The van der Waals surface area contributed by atoms with Gasteiger partial charge in [-0.1, -0.05) is 19.1 Å². The normalized spacial score (nSPS) is 10.3. The zero-order chi connectivity index (χ0) is 14.1. The van der Waals surface area contributed by atoms with Crippen molar-refractivity contribution >= 4 is 5.91 Å². The van der Waals surface area contributed by atoms with Gasteiger partial charge in [-0.15, -0.1) is 0 Å². The van der Waals surface area contributed by atoms with Crippen molar-refractivity contribution in [2.24, 2.45) is 0 Å². The van der Waals surface area contributed by atoms with E-state index in [2.05, 4.69) is 5.32 Å². The number of nitrogens with one attached hydrogen (secondary N) is 1. The lowest BCUT2D eigenvalue weighted by atomic mass is 10.2. The minimum atomic E-state index is 0.147. The van der Waals surface area contributed by atoms with Crippen molar-refractivity contribution in [1.82, 2.24) is 10.2 Å². The van der Waals surface area contributed by atoms with E-state index in [-0.39, 0.29) is 5.91 Å². The lowest BCUT2D eigenvalue weighted by molar-refractivity contribution is -0.130. The number of aryl methyl sites for hydroxylation is 1. The Labute approximate surface area is 115 Å². The Morgan fingerprint density at radius 3 is 2.89 bits per heavy atom. The Kier molecular flexibility index (Phi) is 6.97. The lowest BCUT2D eigenvalue weighted by Gasteiger charge is -2.17. The van der Waals surface area contributed by atoms with E-state index in [1.54, 1.807) is 4.90 Å². The fourth-order valence-electron chi connectivity index (χ4n) is 1.69. The number of benzene rings is 1. The summed E-state index contributed by atoms with van der Waals surface area (Å²) in [6.07, 6.45) is 0.536. The van der Waals surface area contributed by atoms with Crippen molar-refractivity contribution in [3.05, 3.63) is 29.8 Å². The molecule has 0 bridgehead atoms. The molecule has 1 aromatic carbocycles. The van der Waals surface area contributed by atoms with E-state index >= 15 is 0 Å². The van der Waals surface area contributed by atoms with Crippen molar-refractivity contribution in [2.75, 3.05) is 33.3 Å². The number of carbonyl (C=O) groups is 1. The van der Waals surface area contributed by atoms with E-state index in [9.17, 15) is 4.79 Å². The average molecular weight is 264 g/mol. The van der Waals surface area contributed by atoms with Gasteiger partial charge >= 0.3 is 0 Å². The SMILES string of the molecule is CCNCCC(=O)N(C)CCOc1cccc(C)c1. The zero-order valence-corrected chi connectivity index (χ0v) is 12.1. The first kappa shape index (κ1) is 15.5. The second-order valence-corrected chi connectivity index (χ2v) is 4.58. The highest BCUT2D eigenvalue weighted by Crippen LogP contribution is 2.11. The predicted molar refractivity (Wildman–Crippen MR) is 77.5 cm³/mol. The molecule has 106 valence electrons. The number of hydrogen-bond acceptors (Lipinski definition) is 3. The molecule has 0 saturated carbocycles. The van der Waals surface area contributed by atoms with Gasteiger partial charge in [0.2, 0.25) is 5.91 Å². The van der Waals surface area contributed by atoms with Gasteiger partial charge in [0.15, 0.2) is 0 Å². The zero-order valence-electron chi connectivity index (χ0n) is 12.1. The number of carbonyl (C=O) groups excluding carboxylic acids is 1. The van der Waals surface area contributed by atoms with Crippen molar-refractivity contribution in [2.45, 2.75) is 20.3 Å². The summed E-state index contributed by atoms with van der Waals surface area (Å²) in [7, 11) is 1.81. The van der Waals surface area contributed by atoms with Crippen LogP contribution in [0.1, 0.15) is 18.9 Å². The molecule has 19 heavy (non-hydrogen) atoms. The molecule has 1 N–H and O–H groups in total. The molecular formula is C15H24N2O2. The van der Waals surface area contributed by atoms with E-state index in [1.165, 1.54) is 5.56 Å². The van der Waals surface area contributed by atoms with Crippen LogP contribution in [0.2, 0.25) is 0 Å². The molecule has 1 rings (SSSR count). The highest BCUT2D eigenvalue weighted by molar-refractivity contribution is 5.76. The standard InChI is InChI=1S/C15H24N2O2/c1-4-16-9-8-15(18)17(3)10-11-19-14-7-5-6-13(2)12-14/h5-7,12,16H,4,8-11H2,1-3H3. The van der Waals surface area contributed by atoms with E-state index in [0.717, 1.165) is 18.8 Å². The molecule has 0 unspecified atom stereocenters. The van der Waals surface area contributed by atoms with Crippen molar-refractivity contribution < 1.29 is 9.53 Å². The molecule has 4 nitrogen and oxygen atoms in total. The van der Waals surface area contributed by atoms with Crippen LogP contribution in [-0.4, -0.2) is 44.1 Å². The van der Waals surface area contributed by atoms with Gasteiger partial charge in [-0.25, -0.2) is 0 Å². The fourth-order valence-corrected chi connectivity index (χ4v) is 1.69. The monoisotopic (exact) mass is 264 g/mol. The quantitative estimate of drug-likeness (QED) is 0.728. The first-order valence-electron chi connectivity index (χ1n) is 6.77. The maximum atomic E-state index is 11.7. The summed E-state index contributed by atoms with van der Waals surface area (Å²) in [4.78, 5) is 13.5. The van der Waals surface area contributed by atoms with Gasteiger partial charge in [0.25, 0.3) is 0 Å². The summed E-state index contributed by atoms with van der Waals surface area (Å²) < 4.78 is 5.62. The van der Waals surface area contributed by atoms with Gasteiger partial charge < -0.3 is 15.0 Å². The first-order valence-corrected chi connectivity index (χ1v) is 6.77. The van der Waals surface area contributed by atoms with Crippen LogP contribution in [-0.2, 0) is 4.79 Å². The molecular weight excluding hydrogens is 240 g/mol. The van der Waals surface area contributed by atoms with Crippen LogP contribution in [0.15, 0.2) is 24.3 Å². The van der Waals surface area contributed by atoms with Crippen LogP contribution in [0.25, 0.3) is 0 Å². The third-order valence-electron chi connectivity index (χ3n) is 2.88. The van der Waals surface area contributed by atoms with E-state index in [0.29, 0.717) is 19.6 Å². The maximum Gasteiger partial charge on any atom is 0.223 e. The summed E-state index contributed by atoms with van der Waals surface area (Å²) >= 11 is 0. The fraction of sp³-hybridized carbons (Fsp3) is 0.533. The van der Waals surface area contributed by atoms with Gasteiger partial charge in [0.1, 0.15) is 12.4 Å². The smallest absolute Gasteiger partial charge is 0.223 e. The van der Waals surface area contributed by atoms with E-state index in [1.807, 2.05) is 45.2 Å². The van der Waals surface area contributed by atoms with Crippen LogP contribution < -0.4 is 10.1 Å². The summed E-state index contributed by atoms with van der Waals surface area (Å²) in [5.74, 6) is 1.00. The summed E-state index contributed by atoms with van der Waals surface area (Å²) in [6.45, 7) is 6.82. The van der Waals surface area contributed by atoms with Crippen LogP contribution >= 0.6 is 0 Å².